The summed E-state index contributed by atoms with van der Waals surface area (Å²) in [6.07, 6.45) is -2.99. The molecule has 1 aromatic rings. The number of aromatic nitrogens is 1. The van der Waals surface area contributed by atoms with Crippen molar-refractivity contribution >= 4 is 5.82 Å². The highest BCUT2D eigenvalue weighted by atomic mass is 19.3. The summed E-state index contributed by atoms with van der Waals surface area (Å²) in [5.74, 6) is -1.66. The number of hydrogen-bond donors (Lipinski definition) is 2. The fourth-order valence-electron chi connectivity index (χ4n) is 0.783. The SMILES string of the molecule is Nc1[nH]c(F)cc(=O)c1C(F)F. The van der Waals surface area contributed by atoms with Gasteiger partial charge >= 0.3 is 0 Å². The van der Waals surface area contributed by atoms with Gasteiger partial charge in [-0.3, -0.25) is 4.79 Å². The largest absolute Gasteiger partial charge is 0.385 e. The molecule has 0 radical (unpaired) electrons. The second-order valence-corrected chi connectivity index (χ2v) is 2.11. The van der Waals surface area contributed by atoms with E-state index in [0.29, 0.717) is 6.07 Å². The number of alkyl halides is 2. The van der Waals surface area contributed by atoms with Crippen LogP contribution in [0.2, 0.25) is 0 Å². The second kappa shape index (κ2) is 2.88. The molecule has 3 nitrogen and oxygen atoms in total. The number of hydrogen-bond acceptors (Lipinski definition) is 2. The molecule has 0 aliphatic rings. The van der Waals surface area contributed by atoms with Crippen molar-refractivity contribution in [1.82, 2.24) is 4.98 Å². The molecule has 0 saturated carbocycles. The Kier molecular flexibility index (Phi) is 2.07. The van der Waals surface area contributed by atoms with Gasteiger partial charge in [-0.25, -0.2) is 8.78 Å². The van der Waals surface area contributed by atoms with Gasteiger partial charge in [-0.1, -0.05) is 0 Å². The van der Waals surface area contributed by atoms with Gasteiger partial charge in [0.2, 0.25) is 0 Å². The molecule has 66 valence electrons. The van der Waals surface area contributed by atoms with E-state index in [0.717, 1.165) is 0 Å². The van der Waals surface area contributed by atoms with Gasteiger partial charge in [0.05, 0.1) is 0 Å². The maximum Gasteiger partial charge on any atom is 0.271 e. The number of anilines is 1. The molecule has 0 aliphatic heterocycles. The van der Waals surface area contributed by atoms with E-state index in [2.05, 4.69) is 0 Å². The van der Waals surface area contributed by atoms with Crippen molar-refractivity contribution in [3.05, 3.63) is 27.8 Å². The Bertz CT molecular complexity index is 347. The lowest BCUT2D eigenvalue weighted by Crippen LogP contribution is -2.14. The number of H-pyrrole nitrogens is 1. The third-order valence-corrected chi connectivity index (χ3v) is 1.29. The first-order chi connectivity index (χ1) is 5.52. The van der Waals surface area contributed by atoms with Crippen LogP contribution < -0.4 is 11.2 Å². The van der Waals surface area contributed by atoms with Gasteiger partial charge in [-0.15, -0.1) is 0 Å². The summed E-state index contributed by atoms with van der Waals surface area (Å²) >= 11 is 0. The van der Waals surface area contributed by atoms with Crippen molar-refractivity contribution in [2.45, 2.75) is 6.43 Å². The summed E-state index contributed by atoms with van der Waals surface area (Å²) in [5.41, 5.74) is 2.96. The Labute approximate surface area is 65.0 Å². The predicted molar refractivity (Wildman–Crippen MR) is 36.4 cm³/mol. The zero-order valence-electron chi connectivity index (χ0n) is 5.77. The Hall–Kier alpha value is -1.46. The monoisotopic (exact) mass is 178 g/mol. The molecule has 0 fully saturated rings. The van der Waals surface area contributed by atoms with E-state index in [1.807, 2.05) is 0 Å². The predicted octanol–water partition coefficient (Wildman–Crippen LogP) is 1.03. The van der Waals surface area contributed by atoms with Crippen molar-refractivity contribution in [2.24, 2.45) is 0 Å². The van der Waals surface area contributed by atoms with Crippen molar-refractivity contribution in [2.75, 3.05) is 5.73 Å². The molecule has 12 heavy (non-hydrogen) atoms. The summed E-state index contributed by atoms with van der Waals surface area (Å²) in [6, 6.07) is 0.428. The first-order valence-corrected chi connectivity index (χ1v) is 2.98. The number of rotatable bonds is 1. The van der Waals surface area contributed by atoms with Crippen LogP contribution >= 0.6 is 0 Å². The molecule has 1 rings (SSSR count). The third kappa shape index (κ3) is 1.41. The molecule has 0 spiro atoms. The Balaban J connectivity index is 3.39. The molecule has 0 aliphatic carbocycles. The maximum absolute atomic E-state index is 12.3. The van der Waals surface area contributed by atoms with Crippen LogP contribution in [0.1, 0.15) is 12.0 Å². The Morgan fingerprint density at radius 1 is 1.50 bits per heavy atom. The maximum atomic E-state index is 12.3. The van der Waals surface area contributed by atoms with Gasteiger partial charge in [0.25, 0.3) is 6.43 Å². The van der Waals surface area contributed by atoms with Gasteiger partial charge in [-0.2, -0.15) is 4.39 Å². The molecule has 0 aromatic carbocycles. The second-order valence-electron chi connectivity index (χ2n) is 2.11. The molecule has 0 unspecified atom stereocenters. The number of nitrogens with two attached hydrogens (primary N) is 1. The highest BCUT2D eigenvalue weighted by Crippen LogP contribution is 2.19. The highest BCUT2D eigenvalue weighted by Gasteiger charge is 2.16. The smallest absolute Gasteiger partial charge is 0.271 e. The molecule has 1 aromatic heterocycles. The summed E-state index contributed by atoms with van der Waals surface area (Å²) in [7, 11) is 0. The van der Waals surface area contributed by atoms with Crippen LogP contribution in [0, 0.1) is 5.95 Å². The summed E-state index contributed by atoms with van der Waals surface area (Å²) in [5, 5.41) is 0. The van der Waals surface area contributed by atoms with Crippen LogP contribution in [0.15, 0.2) is 10.9 Å². The zero-order valence-corrected chi connectivity index (χ0v) is 5.77. The van der Waals surface area contributed by atoms with Crippen molar-refractivity contribution in [3.63, 3.8) is 0 Å². The van der Waals surface area contributed by atoms with E-state index in [-0.39, 0.29) is 0 Å². The molecule has 6 heteroatoms. The molecule has 1 heterocycles. The van der Waals surface area contributed by atoms with Gasteiger partial charge < -0.3 is 10.7 Å². The van der Waals surface area contributed by atoms with Gasteiger partial charge in [0.15, 0.2) is 11.4 Å². The summed E-state index contributed by atoms with van der Waals surface area (Å²) in [6.45, 7) is 0. The summed E-state index contributed by atoms with van der Waals surface area (Å²) in [4.78, 5) is 12.5. The highest BCUT2D eigenvalue weighted by molar-refractivity contribution is 5.39. The molecule has 3 N–H and O–H groups in total. The minimum Gasteiger partial charge on any atom is -0.385 e. The average Bonchev–Trinajstić information content (AvgIpc) is 1.82. The molecular weight excluding hydrogens is 173 g/mol. The first-order valence-electron chi connectivity index (χ1n) is 2.98. The Morgan fingerprint density at radius 2 is 2.08 bits per heavy atom. The lowest BCUT2D eigenvalue weighted by atomic mass is 10.2. The number of pyridine rings is 1. The van der Waals surface area contributed by atoms with Crippen LogP contribution in [0.25, 0.3) is 0 Å². The average molecular weight is 178 g/mol. The Morgan fingerprint density at radius 3 is 2.50 bits per heavy atom. The molecule has 0 amide bonds. The minimum atomic E-state index is -2.99. The third-order valence-electron chi connectivity index (χ3n) is 1.29. The minimum absolute atomic E-state index is 0.428. The van der Waals surface area contributed by atoms with E-state index in [9.17, 15) is 18.0 Å². The van der Waals surface area contributed by atoms with Crippen molar-refractivity contribution in [1.29, 1.82) is 0 Å². The van der Waals surface area contributed by atoms with Crippen LogP contribution in [0.3, 0.4) is 0 Å². The fraction of sp³-hybridized carbons (Fsp3) is 0.167. The molecular formula is C6H5F3N2O. The van der Waals surface area contributed by atoms with E-state index in [1.54, 1.807) is 4.98 Å². The van der Waals surface area contributed by atoms with E-state index < -0.39 is 29.2 Å². The van der Waals surface area contributed by atoms with Crippen LogP contribution in [-0.4, -0.2) is 4.98 Å². The lowest BCUT2D eigenvalue weighted by Gasteiger charge is -2.02. The van der Waals surface area contributed by atoms with Crippen LogP contribution in [-0.2, 0) is 0 Å². The normalized spacial score (nSPS) is 10.7. The van der Waals surface area contributed by atoms with E-state index in [1.165, 1.54) is 0 Å². The van der Waals surface area contributed by atoms with Crippen LogP contribution in [0.4, 0.5) is 19.0 Å². The van der Waals surface area contributed by atoms with Gasteiger partial charge in [-0.05, 0) is 0 Å². The molecule has 0 saturated heterocycles. The number of nitrogens with one attached hydrogen (secondary N) is 1. The van der Waals surface area contributed by atoms with Crippen molar-refractivity contribution < 1.29 is 13.2 Å². The first kappa shape index (κ1) is 8.63. The molecule has 0 bridgehead atoms. The fourth-order valence-corrected chi connectivity index (χ4v) is 0.783. The summed E-state index contributed by atoms with van der Waals surface area (Å²) < 4.78 is 36.3. The number of nitrogen functional groups attached to an aromatic ring is 1. The van der Waals surface area contributed by atoms with E-state index >= 15 is 0 Å². The van der Waals surface area contributed by atoms with Crippen LogP contribution in [0.5, 0.6) is 0 Å². The zero-order chi connectivity index (χ0) is 9.30. The van der Waals surface area contributed by atoms with Crippen molar-refractivity contribution in [3.8, 4) is 0 Å². The van der Waals surface area contributed by atoms with E-state index in [4.69, 9.17) is 5.73 Å². The van der Waals surface area contributed by atoms with Gasteiger partial charge in [0.1, 0.15) is 11.4 Å². The number of aromatic amines is 1. The van der Waals surface area contributed by atoms with Gasteiger partial charge in [0, 0.05) is 6.07 Å². The molecule has 0 atom stereocenters. The number of halogens is 3. The lowest BCUT2D eigenvalue weighted by molar-refractivity contribution is 0.150. The topological polar surface area (TPSA) is 58.9 Å². The quantitative estimate of drug-likeness (QED) is 0.631. The standard InChI is InChI=1S/C6H5F3N2O/c7-3-1-2(12)4(5(8)9)6(10)11-3/h1,5H,(H3,10,11,12).